The molecule has 1 aliphatic heterocycles. The van der Waals surface area contributed by atoms with Gasteiger partial charge < -0.3 is 11.1 Å². The molecule has 0 bridgehead atoms. The fourth-order valence-corrected chi connectivity index (χ4v) is 1.23. The van der Waals surface area contributed by atoms with Crippen molar-refractivity contribution in [3.63, 3.8) is 0 Å². The van der Waals surface area contributed by atoms with Gasteiger partial charge in [0.05, 0.1) is 17.6 Å². The van der Waals surface area contributed by atoms with Crippen LogP contribution in [0.1, 0.15) is 11.4 Å². The van der Waals surface area contributed by atoms with Crippen molar-refractivity contribution in [3.8, 4) is 0 Å². The molecule has 58 valence electrons. The summed E-state index contributed by atoms with van der Waals surface area (Å²) in [7, 11) is 0. The Bertz CT molecular complexity index is 271. The summed E-state index contributed by atoms with van der Waals surface area (Å²) in [5, 5.41) is 3.22. The molecule has 11 heavy (non-hydrogen) atoms. The van der Waals surface area contributed by atoms with E-state index in [9.17, 15) is 0 Å². The number of nitrogens with two attached hydrogens (primary N) is 1. The van der Waals surface area contributed by atoms with Crippen molar-refractivity contribution in [2.75, 3.05) is 12.3 Å². The first-order valence-electron chi connectivity index (χ1n) is 3.67. The molecular weight excluding hydrogens is 140 g/mol. The highest BCUT2D eigenvalue weighted by Crippen LogP contribution is 2.08. The Morgan fingerprint density at radius 3 is 3.27 bits per heavy atom. The predicted octanol–water partition coefficient (Wildman–Crippen LogP) is -0.296. The first-order chi connectivity index (χ1) is 5.36. The molecule has 2 rings (SSSR count). The molecule has 0 aromatic carbocycles. The zero-order valence-corrected chi connectivity index (χ0v) is 6.17. The van der Waals surface area contributed by atoms with Crippen LogP contribution in [0.3, 0.4) is 0 Å². The topological polar surface area (TPSA) is 63.8 Å². The van der Waals surface area contributed by atoms with Crippen LogP contribution in [-0.2, 0) is 13.0 Å². The van der Waals surface area contributed by atoms with Gasteiger partial charge in [0.1, 0.15) is 5.82 Å². The Kier molecular flexibility index (Phi) is 1.47. The van der Waals surface area contributed by atoms with E-state index < -0.39 is 0 Å². The smallest absolute Gasteiger partial charge is 0.142 e. The summed E-state index contributed by atoms with van der Waals surface area (Å²) in [6.45, 7) is 1.80. The maximum atomic E-state index is 5.49. The Morgan fingerprint density at radius 1 is 1.45 bits per heavy atom. The standard InChI is InChI=1S/C7H10N4/c8-7-4-10-6-3-9-2-1-5(6)11-7/h4,9H,1-3H2,(H2,8,11). The first-order valence-corrected chi connectivity index (χ1v) is 3.67. The van der Waals surface area contributed by atoms with Gasteiger partial charge in [0.2, 0.25) is 0 Å². The number of anilines is 1. The molecule has 0 saturated carbocycles. The maximum absolute atomic E-state index is 5.49. The molecule has 1 aliphatic rings. The van der Waals surface area contributed by atoms with Crippen LogP contribution >= 0.6 is 0 Å². The summed E-state index contributed by atoms with van der Waals surface area (Å²) in [5.74, 6) is 0.519. The fraction of sp³-hybridized carbons (Fsp3) is 0.429. The molecule has 0 amide bonds. The lowest BCUT2D eigenvalue weighted by Crippen LogP contribution is -2.25. The molecule has 3 N–H and O–H groups in total. The van der Waals surface area contributed by atoms with Crippen LogP contribution < -0.4 is 11.1 Å². The Hall–Kier alpha value is -1.16. The Balaban J connectivity index is 2.43. The minimum Gasteiger partial charge on any atom is -0.382 e. The monoisotopic (exact) mass is 150 g/mol. The SMILES string of the molecule is Nc1cnc2c(n1)CCNC2. The third kappa shape index (κ3) is 1.17. The summed E-state index contributed by atoms with van der Waals surface area (Å²) in [4.78, 5) is 8.36. The predicted molar refractivity (Wildman–Crippen MR) is 41.9 cm³/mol. The second kappa shape index (κ2) is 2.47. The van der Waals surface area contributed by atoms with Crippen LogP contribution in [0.15, 0.2) is 6.20 Å². The van der Waals surface area contributed by atoms with Gasteiger partial charge in [-0.05, 0) is 0 Å². The highest BCUT2D eigenvalue weighted by atomic mass is 15.0. The molecule has 0 unspecified atom stereocenters. The molecule has 0 fully saturated rings. The summed E-state index contributed by atoms with van der Waals surface area (Å²) in [6, 6.07) is 0. The molecule has 4 heteroatoms. The largest absolute Gasteiger partial charge is 0.382 e. The molecule has 2 heterocycles. The molecule has 0 aliphatic carbocycles. The Labute approximate surface area is 64.8 Å². The van der Waals surface area contributed by atoms with Crippen molar-refractivity contribution >= 4 is 5.82 Å². The highest BCUT2D eigenvalue weighted by molar-refractivity contribution is 5.28. The number of nitrogens with one attached hydrogen (secondary N) is 1. The maximum Gasteiger partial charge on any atom is 0.142 e. The van der Waals surface area contributed by atoms with E-state index >= 15 is 0 Å². The Morgan fingerprint density at radius 2 is 2.36 bits per heavy atom. The third-order valence-corrected chi connectivity index (χ3v) is 1.78. The van der Waals surface area contributed by atoms with Gasteiger partial charge in [-0.2, -0.15) is 0 Å². The van der Waals surface area contributed by atoms with Gasteiger partial charge in [0, 0.05) is 19.5 Å². The molecule has 0 saturated heterocycles. The van der Waals surface area contributed by atoms with E-state index in [2.05, 4.69) is 15.3 Å². The van der Waals surface area contributed by atoms with Crippen LogP contribution in [-0.4, -0.2) is 16.5 Å². The number of nitrogen functional groups attached to an aromatic ring is 1. The highest BCUT2D eigenvalue weighted by Gasteiger charge is 2.10. The van der Waals surface area contributed by atoms with Crippen molar-refractivity contribution in [2.24, 2.45) is 0 Å². The molecule has 1 aromatic rings. The lowest BCUT2D eigenvalue weighted by molar-refractivity contribution is 0.614. The fourth-order valence-electron chi connectivity index (χ4n) is 1.23. The number of nitrogens with zero attached hydrogens (tertiary/aromatic N) is 2. The average Bonchev–Trinajstić information content (AvgIpc) is 2.04. The van der Waals surface area contributed by atoms with Crippen LogP contribution in [0.2, 0.25) is 0 Å². The van der Waals surface area contributed by atoms with Gasteiger partial charge in [-0.15, -0.1) is 0 Å². The molecular formula is C7H10N4. The second-order valence-electron chi connectivity index (χ2n) is 2.62. The van der Waals surface area contributed by atoms with Crippen LogP contribution in [0.5, 0.6) is 0 Å². The summed E-state index contributed by atoms with van der Waals surface area (Å²) in [6.07, 6.45) is 2.54. The van der Waals surface area contributed by atoms with Gasteiger partial charge in [-0.3, -0.25) is 4.98 Å². The quantitative estimate of drug-likeness (QED) is 0.533. The molecule has 4 nitrogen and oxygen atoms in total. The van der Waals surface area contributed by atoms with Gasteiger partial charge in [-0.25, -0.2) is 4.98 Å². The zero-order chi connectivity index (χ0) is 7.68. The van der Waals surface area contributed by atoms with Crippen molar-refractivity contribution in [3.05, 3.63) is 17.6 Å². The second-order valence-corrected chi connectivity index (χ2v) is 2.62. The van der Waals surface area contributed by atoms with Crippen molar-refractivity contribution in [1.82, 2.24) is 15.3 Å². The molecule has 0 radical (unpaired) electrons. The van der Waals surface area contributed by atoms with Gasteiger partial charge in [0.15, 0.2) is 0 Å². The number of hydrogen-bond donors (Lipinski definition) is 2. The summed E-state index contributed by atoms with van der Waals surface area (Å²) in [5.41, 5.74) is 7.57. The van der Waals surface area contributed by atoms with E-state index in [1.807, 2.05) is 0 Å². The van der Waals surface area contributed by atoms with E-state index in [-0.39, 0.29) is 0 Å². The third-order valence-electron chi connectivity index (χ3n) is 1.78. The summed E-state index contributed by atoms with van der Waals surface area (Å²) >= 11 is 0. The van der Waals surface area contributed by atoms with E-state index in [0.717, 1.165) is 30.9 Å². The molecule has 0 atom stereocenters. The van der Waals surface area contributed by atoms with Crippen LogP contribution in [0.25, 0.3) is 0 Å². The minimum absolute atomic E-state index is 0.519. The van der Waals surface area contributed by atoms with Crippen molar-refractivity contribution in [1.29, 1.82) is 0 Å². The number of fused-ring (bicyclic) bond motifs is 1. The van der Waals surface area contributed by atoms with Gasteiger partial charge >= 0.3 is 0 Å². The van der Waals surface area contributed by atoms with Crippen LogP contribution in [0.4, 0.5) is 5.82 Å². The van der Waals surface area contributed by atoms with Crippen LogP contribution in [0, 0.1) is 0 Å². The van der Waals surface area contributed by atoms with E-state index in [0.29, 0.717) is 5.82 Å². The minimum atomic E-state index is 0.519. The average molecular weight is 150 g/mol. The molecule has 1 aromatic heterocycles. The van der Waals surface area contributed by atoms with Crippen molar-refractivity contribution in [2.45, 2.75) is 13.0 Å². The lowest BCUT2D eigenvalue weighted by atomic mass is 10.2. The first kappa shape index (κ1) is 6.54. The molecule has 0 spiro atoms. The van der Waals surface area contributed by atoms with E-state index in [1.165, 1.54) is 0 Å². The number of aromatic nitrogens is 2. The van der Waals surface area contributed by atoms with E-state index in [4.69, 9.17) is 5.73 Å². The number of rotatable bonds is 0. The van der Waals surface area contributed by atoms with Gasteiger partial charge in [0.25, 0.3) is 0 Å². The lowest BCUT2D eigenvalue weighted by Gasteiger charge is -2.14. The zero-order valence-electron chi connectivity index (χ0n) is 6.17. The normalized spacial score (nSPS) is 16.0. The summed E-state index contributed by atoms with van der Waals surface area (Å²) < 4.78 is 0. The van der Waals surface area contributed by atoms with Gasteiger partial charge in [-0.1, -0.05) is 0 Å². The van der Waals surface area contributed by atoms with Crippen molar-refractivity contribution < 1.29 is 0 Å². The number of hydrogen-bond acceptors (Lipinski definition) is 4. The van der Waals surface area contributed by atoms with E-state index in [1.54, 1.807) is 6.20 Å².